The molecule has 1 aliphatic heterocycles. The van der Waals surface area contributed by atoms with E-state index in [-0.39, 0.29) is 11.8 Å². The number of aromatic nitrogens is 2. The molecule has 1 saturated carbocycles. The maximum absolute atomic E-state index is 12.4. The molecule has 2 amide bonds. The number of carbonyl (C=O) groups excluding carboxylic acids is 2. The molecular formula is C19H30N4O2. The summed E-state index contributed by atoms with van der Waals surface area (Å²) in [6.07, 6.45) is 11.4. The monoisotopic (exact) mass is 346 g/mol. The molecule has 6 heteroatoms. The second-order valence-corrected chi connectivity index (χ2v) is 7.33. The first-order valence-electron chi connectivity index (χ1n) is 9.77. The number of carbonyl (C=O) groups is 2. The molecule has 25 heavy (non-hydrogen) atoms. The van der Waals surface area contributed by atoms with Crippen molar-refractivity contribution in [2.45, 2.75) is 70.8 Å². The van der Waals surface area contributed by atoms with Gasteiger partial charge in [0.1, 0.15) is 0 Å². The van der Waals surface area contributed by atoms with E-state index in [4.69, 9.17) is 0 Å². The molecule has 0 unspecified atom stereocenters. The summed E-state index contributed by atoms with van der Waals surface area (Å²) in [5.41, 5.74) is 1.57. The highest BCUT2D eigenvalue weighted by atomic mass is 16.2. The minimum absolute atomic E-state index is 0.120. The minimum Gasteiger partial charge on any atom is -0.351 e. The molecule has 0 radical (unpaired) electrons. The Morgan fingerprint density at radius 3 is 2.48 bits per heavy atom. The third kappa shape index (κ3) is 4.41. The van der Waals surface area contributed by atoms with Crippen molar-refractivity contribution in [2.24, 2.45) is 0 Å². The van der Waals surface area contributed by atoms with Crippen molar-refractivity contribution < 1.29 is 9.59 Å². The number of rotatable bonds is 5. The zero-order valence-corrected chi connectivity index (χ0v) is 15.3. The van der Waals surface area contributed by atoms with Gasteiger partial charge in [-0.05, 0) is 32.6 Å². The molecule has 0 aromatic carbocycles. The highest BCUT2D eigenvalue weighted by Gasteiger charge is 2.22. The van der Waals surface area contributed by atoms with E-state index in [0.29, 0.717) is 24.6 Å². The van der Waals surface area contributed by atoms with Crippen LogP contribution in [0.15, 0.2) is 6.20 Å². The fourth-order valence-corrected chi connectivity index (χ4v) is 4.02. The van der Waals surface area contributed by atoms with Gasteiger partial charge >= 0.3 is 0 Å². The maximum atomic E-state index is 12.4. The van der Waals surface area contributed by atoms with Gasteiger partial charge in [0.15, 0.2) is 0 Å². The van der Waals surface area contributed by atoms with Gasteiger partial charge in [-0.1, -0.05) is 25.7 Å². The summed E-state index contributed by atoms with van der Waals surface area (Å²) in [7, 11) is 0. The van der Waals surface area contributed by atoms with Crippen LogP contribution in [0, 0.1) is 6.92 Å². The normalized spacial score (nSPS) is 19.0. The van der Waals surface area contributed by atoms with E-state index < -0.39 is 0 Å². The first kappa shape index (κ1) is 18.0. The quantitative estimate of drug-likeness (QED) is 0.891. The van der Waals surface area contributed by atoms with Crippen LogP contribution in [-0.4, -0.2) is 46.1 Å². The number of hydrogen-bond donors (Lipinski definition) is 1. The van der Waals surface area contributed by atoms with E-state index in [1.165, 1.54) is 25.7 Å². The standard InChI is InChI=1S/C19H30N4O2/c1-15-17(14-21-23(15)16-8-4-5-9-16)19(25)20-11-10-18(24)22-12-6-2-3-7-13-22/h14,16H,2-13H2,1H3,(H,20,25). The Hall–Kier alpha value is -1.85. The number of nitrogens with zero attached hydrogens (tertiary/aromatic N) is 3. The molecule has 2 aliphatic rings. The Morgan fingerprint density at radius 2 is 1.80 bits per heavy atom. The Kier molecular flexibility index (Phi) is 6.10. The van der Waals surface area contributed by atoms with Gasteiger partial charge in [-0.15, -0.1) is 0 Å². The van der Waals surface area contributed by atoms with Gasteiger partial charge in [0.25, 0.3) is 5.91 Å². The van der Waals surface area contributed by atoms with Crippen molar-refractivity contribution in [1.82, 2.24) is 20.0 Å². The van der Waals surface area contributed by atoms with Crippen LogP contribution < -0.4 is 5.32 Å². The summed E-state index contributed by atoms with van der Waals surface area (Å²) in [6.45, 7) is 4.07. The molecule has 0 bridgehead atoms. The predicted octanol–water partition coefficient (Wildman–Crippen LogP) is 2.83. The summed E-state index contributed by atoms with van der Waals surface area (Å²) in [6, 6.07) is 0.436. The molecule has 6 nitrogen and oxygen atoms in total. The maximum Gasteiger partial charge on any atom is 0.254 e. The van der Waals surface area contributed by atoms with Crippen LogP contribution in [0.4, 0.5) is 0 Å². The second kappa shape index (κ2) is 8.50. The van der Waals surface area contributed by atoms with Gasteiger partial charge in [-0.25, -0.2) is 0 Å². The van der Waals surface area contributed by atoms with Crippen molar-refractivity contribution in [2.75, 3.05) is 19.6 Å². The molecule has 1 aromatic rings. The first-order chi connectivity index (χ1) is 12.2. The van der Waals surface area contributed by atoms with Crippen molar-refractivity contribution in [3.05, 3.63) is 17.5 Å². The predicted molar refractivity (Wildman–Crippen MR) is 96.5 cm³/mol. The van der Waals surface area contributed by atoms with Crippen LogP contribution in [0.2, 0.25) is 0 Å². The van der Waals surface area contributed by atoms with Crippen LogP contribution in [0.1, 0.15) is 79.9 Å². The molecule has 1 saturated heterocycles. The first-order valence-corrected chi connectivity index (χ1v) is 9.77. The number of likely N-dealkylation sites (tertiary alicyclic amines) is 1. The highest BCUT2D eigenvalue weighted by Crippen LogP contribution is 2.30. The fraction of sp³-hybridized carbons (Fsp3) is 0.737. The fourth-order valence-electron chi connectivity index (χ4n) is 4.02. The van der Waals surface area contributed by atoms with Gasteiger partial charge in [0, 0.05) is 31.7 Å². The third-order valence-electron chi connectivity index (χ3n) is 5.54. The Bertz CT molecular complexity index is 597. The Balaban J connectivity index is 1.48. The van der Waals surface area contributed by atoms with E-state index >= 15 is 0 Å². The van der Waals surface area contributed by atoms with E-state index in [9.17, 15) is 9.59 Å². The molecule has 0 atom stereocenters. The number of nitrogens with one attached hydrogen (secondary N) is 1. The van der Waals surface area contributed by atoms with Gasteiger partial charge in [-0.3, -0.25) is 14.3 Å². The highest BCUT2D eigenvalue weighted by molar-refractivity contribution is 5.95. The van der Waals surface area contributed by atoms with Crippen molar-refractivity contribution in [3.8, 4) is 0 Å². The third-order valence-corrected chi connectivity index (χ3v) is 5.54. The zero-order chi connectivity index (χ0) is 17.6. The van der Waals surface area contributed by atoms with Crippen molar-refractivity contribution in [1.29, 1.82) is 0 Å². The molecule has 138 valence electrons. The van der Waals surface area contributed by atoms with Crippen LogP contribution in [0.3, 0.4) is 0 Å². The van der Waals surface area contributed by atoms with Crippen molar-refractivity contribution in [3.63, 3.8) is 0 Å². The van der Waals surface area contributed by atoms with Gasteiger partial charge < -0.3 is 10.2 Å². The van der Waals surface area contributed by atoms with Gasteiger partial charge in [0.05, 0.1) is 17.8 Å². The largest absolute Gasteiger partial charge is 0.351 e. The zero-order valence-electron chi connectivity index (χ0n) is 15.3. The summed E-state index contributed by atoms with van der Waals surface area (Å²) in [5, 5.41) is 7.32. The Labute approximate surface area is 149 Å². The molecular weight excluding hydrogens is 316 g/mol. The topological polar surface area (TPSA) is 67.2 Å². The van der Waals surface area contributed by atoms with Crippen LogP contribution in [0.5, 0.6) is 0 Å². The van der Waals surface area contributed by atoms with E-state index in [2.05, 4.69) is 10.4 Å². The summed E-state index contributed by atoms with van der Waals surface area (Å²) in [5.74, 6) is 0.0333. The molecule has 2 fully saturated rings. The molecule has 2 heterocycles. The van der Waals surface area contributed by atoms with E-state index in [1.807, 2.05) is 16.5 Å². The molecule has 1 aromatic heterocycles. The average Bonchev–Trinajstić information content (AvgIpc) is 3.16. The number of amides is 2. The summed E-state index contributed by atoms with van der Waals surface area (Å²) < 4.78 is 2.00. The lowest BCUT2D eigenvalue weighted by atomic mass is 10.2. The molecule has 0 spiro atoms. The summed E-state index contributed by atoms with van der Waals surface area (Å²) >= 11 is 0. The summed E-state index contributed by atoms with van der Waals surface area (Å²) in [4.78, 5) is 26.6. The number of hydrogen-bond acceptors (Lipinski definition) is 3. The smallest absolute Gasteiger partial charge is 0.254 e. The Morgan fingerprint density at radius 1 is 1.12 bits per heavy atom. The van der Waals surface area contributed by atoms with Crippen LogP contribution >= 0.6 is 0 Å². The van der Waals surface area contributed by atoms with Crippen LogP contribution in [0.25, 0.3) is 0 Å². The second-order valence-electron chi connectivity index (χ2n) is 7.33. The molecule has 3 rings (SSSR count). The van der Waals surface area contributed by atoms with E-state index in [0.717, 1.165) is 44.5 Å². The van der Waals surface area contributed by atoms with Crippen LogP contribution in [-0.2, 0) is 4.79 Å². The van der Waals surface area contributed by atoms with Gasteiger partial charge in [-0.2, -0.15) is 5.10 Å². The van der Waals surface area contributed by atoms with Gasteiger partial charge in [0.2, 0.25) is 5.91 Å². The average molecular weight is 346 g/mol. The minimum atomic E-state index is -0.120. The SMILES string of the molecule is Cc1c(C(=O)NCCC(=O)N2CCCCCC2)cnn1C1CCCC1. The van der Waals surface area contributed by atoms with Crippen molar-refractivity contribution >= 4 is 11.8 Å². The molecule has 1 N–H and O–H groups in total. The van der Waals surface area contributed by atoms with E-state index in [1.54, 1.807) is 6.20 Å². The molecule has 1 aliphatic carbocycles. The lowest BCUT2D eigenvalue weighted by Gasteiger charge is -2.20. The lowest BCUT2D eigenvalue weighted by Crippen LogP contribution is -2.35. The lowest BCUT2D eigenvalue weighted by molar-refractivity contribution is -0.131.